The molecule has 1 aromatic rings. The lowest BCUT2D eigenvalue weighted by molar-refractivity contribution is -0.122. The fourth-order valence-corrected chi connectivity index (χ4v) is 4.66. The van der Waals surface area contributed by atoms with Crippen molar-refractivity contribution in [3.63, 3.8) is 0 Å². The normalized spacial score (nSPS) is 32.0. The van der Waals surface area contributed by atoms with Gasteiger partial charge >= 0.3 is 0 Å². The lowest BCUT2D eigenvalue weighted by atomic mass is 9.68. The summed E-state index contributed by atoms with van der Waals surface area (Å²) in [5.74, 6) is 0.195. The van der Waals surface area contributed by atoms with Crippen LogP contribution in [0.2, 0.25) is 0 Å². The van der Waals surface area contributed by atoms with Crippen molar-refractivity contribution < 1.29 is 9.53 Å². The molecule has 1 saturated carbocycles. The highest BCUT2D eigenvalue weighted by Crippen LogP contribution is 2.48. The Morgan fingerprint density at radius 1 is 1.23 bits per heavy atom. The zero-order chi connectivity index (χ0) is 15.2. The van der Waals surface area contributed by atoms with E-state index >= 15 is 0 Å². The lowest BCUT2D eigenvalue weighted by Crippen LogP contribution is -2.48. The van der Waals surface area contributed by atoms with Crippen LogP contribution >= 0.6 is 15.9 Å². The number of nitrogens with one attached hydrogen (secondary N) is 1. The van der Waals surface area contributed by atoms with E-state index in [1.807, 2.05) is 6.07 Å². The van der Waals surface area contributed by atoms with Crippen LogP contribution in [0.5, 0.6) is 0 Å². The average molecular weight is 365 g/mol. The molecule has 1 saturated heterocycles. The van der Waals surface area contributed by atoms with E-state index in [-0.39, 0.29) is 11.3 Å². The third kappa shape index (κ3) is 2.30. The van der Waals surface area contributed by atoms with Crippen LogP contribution in [0.1, 0.15) is 31.2 Å². The van der Waals surface area contributed by atoms with Crippen LogP contribution in [-0.2, 0) is 14.9 Å². The Hall–Kier alpha value is -0.910. The number of fused-ring (bicyclic) bond motifs is 2. The Morgan fingerprint density at radius 2 is 1.95 bits per heavy atom. The minimum atomic E-state index is -0.293. The van der Waals surface area contributed by atoms with Crippen LogP contribution in [0.4, 0.5) is 5.69 Å². The fourth-order valence-electron chi connectivity index (χ4n) is 4.30. The molecule has 4 rings (SSSR count). The van der Waals surface area contributed by atoms with Gasteiger partial charge in [0.05, 0.1) is 18.6 Å². The quantitative estimate of drug-likeness (QED) is 0.832. The molecule has 0 aromatic heterocycles. The molecule has 1 aliphatic carbocycles. The molecule has 2 heterocycles. The van der Waals surface area contributed by atoms with Crippen LogP contribution in [0.15, 0.2) is 22.7 Å². The molecule has 4 nitrogen and oxygen atoms in total. The first-order valence-electron chi connectivity index (χ1n) is 8.12. The topological polar surface area (TPSA) is 41.6 Å². The molecule has 0 unspecified atom stereocenters. The molecular weight excluding hydrogens is 344 g/mol. The number of carbonyl (C=O) groups excluding carboxylic acids is 1. The second kappa shape index (κ2) is 5.62. The van der Waals surface area contributed by atoms with Crippen molar-refractivity contribution in [3.05, 3.63) is 28.2 Å². The maximum Gasteiger partial charge on any atom is 0.235 e. The predicted molar refractivity (Wildman–Crippen MR) is 89.1 cm³/mol. The molecule has 3 aliphatic rings. The van der Waals surface area contributed by atoms with E-state index in [2.05, 4.69) is 38.3 Å². The molecule has 1 amide bonds. The third-order valence-corrected chi connectivity index (χ3v) is 6.04. The van der Waals surface area contributed by atoms with E-state index in [1.54, 1.807) is 0 Å². The van der Waals surface area contributed by atoms with Gasteiger partial charge in [-0.25, -0.2) is 0 Å². The second-order valence-corrected chi connectivity index (χ2v) is 7.52. The van der Waals surface area contributed by atoms with Gasteiger partial charge in [0, 0.05) is 29.3 Å². The zero-order valence-corrected chi connectivity index (χ0v) is 14.2. The molecule has 118 valence electrons. The van der Waals surface area contributed by atoms with E-state index in [1.165, 1.54) is 5.56 Å². The van der Waals surface area contributed by atoms with Gasteiger partial charge in [-0.05, 0) is 43.4 Å². The third-order valence-electron chi connectivity index (χ3n) is 5.55. The summed E-state index contributed by atoms with van der Waals surface area (Å²) in [6.07, 6.45) is 4.11. The van der Waals surface area contributed by atoms with E-state index in [4.69, 9.17) is 4.74 Å². The van der Waals surface area contributed by atoms with E-state index < -0.39 is 0 Å². The van der Waals surface area contributed by atoms with Crippen molar-refractivity contribution in [2.45, 2.75) is 37.1 Å². The van der Waals surface area contributed by atoms with Crippen LogP contribution in [0.25, 0.3) is 0 Å². The number of morpholine rings is 1. The number of halogens is 1. The number of benzene rings is 1. The van der Waals surface area contributed by atoms with Crippen molar-refractivity contribution in [1.29, 1.82) is 0 Å². The van der Waals surface area contributed by atoms with Crippen molar-refractivity contribution in [3.8, 4) is 0 Å². The minimum Gasteiger partial charge on any atom is -0.379 e. The molecule has 0 radical (unpaired) electrons. The van der Waals surface area contributed by atoms with Gasteiger partial charge in [-0.1, -0.05) is 22.0 Å². The van der Waals surface area contributed by atoms with Crippen LogP contribution < -0.4 is 5.32 Å². The van der Waals surface area contributed by atoms with Gasteiger partial charge in [-0.2, -0.15) is 0 Å². The molecule has 1 N–H and O–H groups in total. The van der Waals surface area contributed by atoms with Crippen molar-refractivity contribution in [2.75, 3.05) is 31.6 Å². The van der Waals surface area contributed by atoms with Crippen LogP contribution in [0, 0.1) is 0 Å². The Labute approximate surface area is 139 Å². The highest BCUT2D eigenvalue weighted by Gasteiger charge is 2.49. The molecule has 2 aliphatic heterocycles. The first-order chi connectivity index (χ1) is 10.7. The number of rotatable bonds is 1. The largest absolute Gasteiger partial charge is 0.379 e. The number of anilines is 1. The summed E-state index contributed by atoms with van der Waals surface area (Å²) in [7, 11) is 0. The average Bonchev–Trinajstić information content (AvgIpc) is 2.80. The molecule has 1 spiro atoms. The number of hydrogen-bond donors (Lipinski definition) is 1. The van der Waals surface area contributed by atoms with E-state index in [0.717, 1.165) is 62.1 Å². The number of nitrogens with zero attached hydrogens (tertiary/aromatic N) is 1. The maximum absolute atomic E-state index is 12.6. The maximum atomic E-state index is 12.6. The van der Waals surface area contributed by atoms with Gasteiger partial charge in [0.15, 0.2) is 0 Å². The second-order valence-electron chi connectivity index (χ2n) is 6.61. The summed E-state index contributed by atoms with van der Waals surface area (Å²) in [6.45, 7) is 3.76. The molecular formula is C17H21BrN2O2. The smallest absolute Gasteiger partial charge is 0.235 e. The number of ether oxygens (including phenoxy) is 1. The molecule has 1 aromatic carbocycles. The monoisotopic (exact) mass is 364 g/mol. The first-order valence-corrected chi connectivity index (χ1v) is 8.92. The van der Waals surface area contributed by atoms with Gasteiger partial charge in [0.1, 0.15) is 0 Å². The Bertz CT molecular complexity index is 590. The lowest BCUT2D eigenvalue weighted by Gasteiger charge is -2.42. The summed E-state index contributed by atoms with van der Waals surface area (Å²) in [6, 6.07) is 6.80. The van der Waals surface area contributed by atoms with Crippen molar-refractivity contribution in [2.24, 2.45) is 0 Å². The number of carbonyl (C=O) groups is 1. The Kier molecular flexibility index (Phi) is 3.75. The summed E-state index contributed by atoms with van der Waals surface area (Å²) in [5.41, 5.74) is 1.89. The predicted octanol–water partition coefficient (Wildman–Crippen LogP) is 2.91. The van der Waals surface area contributed by atoms with Crippen molar-refractivity contribution in [1.82, 2.24) is 4.90 Å². The van der Waals surface area contributed by atoms with Crippen LogP contribution in [0.3, 0.4) is 0 Å². The summed E-state index contributed by atoms with van der Waals surface area (Å²) in [5, 5.41) is 3.09. The Balaban J connectivity index is 1.54. The number of amides is 1. The highest BCUT2D eigenvalue weighted by atomic mass is 79.9. The fraction of sp³-hybridized carbons (Fsp3) is 0.588. The van der Waals surface area contributed by atoms with Crippen LogP contribution in [-0.4, -0.2) is 43.2 Å². The highest BCUT2D eigenvalue weighted by molar-refractivity contribution is 9.10. The van der Waals surface area contributed by atoms with Gasteiger partial charge < -0.3 is 10.1 Å². The molecule has 5 heteroatoms. The summed E-state index contributed by atoms with van der Waals surface area (Å²) >= 11 is 3.49. The first kappa shape index (κ1) is 14.7. The minimum absolute atomic E-state index is 0.195. The zero-order valence-electron chi connectivity index (χ0n) is 12.6. The number of hydrogen-bond acceptors (Lipinski definition) is 3. The van der Waals surface area contributed by atoms with Gasteiger partial charge in [0.25, 0.3) is 0 Å². The molecule has 0 atom stereocenters. The summed E-state index contributed by atoms with van der Waals surface area (Å²) in [4.78, 5) is 15.2. The van der Waals surface area contributed by atoms with Gasteiger partial charge in [-0.15, -0.1) is 0 Å². The standard InChI is InChI=1S/C17H21BrN2O2/c18-12-1-2-14-15(11-12)19-16(21)17(14)5-3-13(4-6-17)20-7-9-22-10-8-20/h1-2,11,13H,3-10H2,(H,19,21). The molecule has 2 fully saturated rings. The van der Waals surface area contributed by atoms with Gasteiger partial charge in [0.2, 0.25) is 5.91 Å². The van der Waals surface area contributed by atoms with Gasteiger partial charge in [-0.3, -0.25) is 9.69 Å². The van der Waals surface area contributed by atoms with Crippen molar-refractivity contribution >= 4 is 27.5 Å². The SMILES string of the molecule is O=C1Nc2cc(Br)ccc2C12CCC(N1CCOCC1)CC2. The van der Waals surface area contributed by atoms with E-state index in [0.29, 0.717) is 6.04 Å². The Morgan fingerprint density at radius 3 is 2.68 bits per heavy atom. The summed E-state index contributed by atoms with van der Waals surface area (Å²) < 4.78 is 6.47. The molecule has 22 heavy (non-hydrogen) atoms. The molecule has 0 bridgehead atoms. The van der Waals surface area contributed by atoms with E-state index in [9.17, 15) is 4.79 Å².